The highest BCUT2D eigenvalue weighted by atomic mass is 16.6. The summed E-state index contributed by atoms with van der Waals surface area (Å²) < 4.78 is 0. The zero-order valence-electron chi connectivity index (χ0n) is 11.2. The molecule has 0 saturated carbocycles. The first-order valence-electron chi connectivity index (χ1n) is 5.77. The number of nitrogens with one attached hydrogen (secondary N) is 2. The molecule has 19 heavy (non-hydrogen) atoms. The fraction of sp³-hybridized carbons (Fsp3) is 0.417. The van der Waals surface area contributed by atoms with Crippen molar-refractivity contribution in [2.45, 2.75) is 13.8 Å². The van der Waals surface area contributed by atoms with Crippen molar-refractivity contribution in [1.82, 2.24) is 5.32 Å². The summed E-state index contributed by atoms with van der Waals surface area (Å²) in [7, 11) is 1.56. The molecule has 0 aromatic heterocycles. The highest BCUT2D eigenvalue weighted by Gasteiger charge is 2.26. The number of anilines is 2. The Balaban J connectivity index is 2.83. The summed E-state index contributed by atoms with van der Waals surface area (Å²) in [6, 6.07) is 4.26. The minimum atomic E-state index is -0.631. The molecule has 0 unspecified atom stereocenters. The first-order valence-corrected chi connectivity index (χ1v) is 5.77. The molecule has 0 aliphatic heterocycles. The lowest BCUT2D eigenvalue weighted by molar-refractivity contribution is -0.384. The van der Waals surface area contributed by atoms with E-state index in [1.165, 1.54) is 12.1 Å². The van der Waals surface area contributed by atoms with Gasteiger partial charge in [0.2, 0.25) is 5.91 Å². The fourth-order valence-electron chi connectivity index (χ4n) is 1.58. The van der Waals surface area contributed by atoms with Crippen LogP contribution in [0.5, 0.6) is 0 Å². The Kier molecular flexibility index (Phi) is 4.31. The van der Waals surface area contributed by atoms with Crippen LogP contribution < -0.4 is 16.4 Å². The molecule has 0 saturated heterocycles. The van der Waals surface area contributed by atoms with Gasteiger partial charge in [0.15, 0.2) is 0 Å². The molecular formula is C12H18N4O3. The summed E-state index contributed by atoms with van der Waals surface area (Å²) >= 11 is 0. The van der Waals surface area contributed by atoms with Gasteiger partial charge in [-0.3, -0.25) is 14.9 Å². The van der Waals surface area contributed by atoms with Crippen LogP contribution in [0.2, 0.25) is 0 Å². The summed E-state index contributed by atoms with van der Waals surface area (Å²) in [6.45, 7) is 3.90. The highest BCUT2D eigenvalue weighted by Crippen LogP contribution is 2.24. The predicted octanol–water partition coefficient (Wildman–Crippen LogP) is 1.36. The van der Waals surface area contributed by atoms with E-state index in [4.69, 9.17) is 5.73 Å². The zero-order chi connectivity index (χ0) is 14.6. The Bertz CT molecular complexity index is 500. The molecule has 0 atom stereocenters. The van der Waals surface area contributed by atoms with Gasteiger partial charge >= 0.3 is 0 Å². The molecule has 0 radical (unpaired) electrons. The van der Waals surface area contributed by atoms with Gasteiger partial charge in [0.25, 0.3) is 5.69 Å². The lowest BCUT2D eigenvalue weighted by Crippen LogP contribution is -2.39. The third-order valence-electron chi connectivity index (χ3n) is 2.73. The van der Waals surface area contributed by atoms with E-state index in [0.717, 1.165) is 0 Å². The Labute approximate surface area is 111 Å². The van der Waals surface area contributed by atoms with E-state index < -0.39 is 10.3 Å². The van der Waals surface area contributed by atoms with Crippen LogP contribution in [0, 0.1) is 15.5 Å². The molecule has 0 spiro atoms. The quantitative estimate of drug-likeness (QED) is 0.423. The molecule has 0 aliphatic rings. The maximum atomic E-state index is 11.6. The van der Waals surface area contributed by atoms with Gasteiger partial charge in [-0.1, -0.05) is 0 Å². The number of hydrogen-bond acceptors (Lipinski definition) is 5. The molecule has 104 valence electrons. The van der Waals surface area contributed by atoms with Crippen LogP contribution in [0.4, 0.5) is 17.1 Å². The van der Waals surface area contributed by atoms with Crippen LogP contribution in [0.1, 0.15) is 13.8 Å². The maximum absolute atomic E-state index is 11.6. The molecule has 7 heteroatoms. The van der Waals surface area contributed by atoms with E-state index in [0.29, 0.717) is 17.9 Å². The Morgan fingerprint density at radius 2 is 2.05 bits per heavy atom. The van der Waals surface area contributed by atoms with Crippen LogP contribution in [0.25, 0.3) is 0 Å². The number of nitrogen functional groups attached to an aromatic ring is 1. The van der Waals surface area contributed by atoms with Crippen molar-refractivity contribution in [2.24, 2.45) is 5.41 Å². The summed E-state index contributed by atoms with van der Waals surface area (Å²) in [5, 5.41) is 16.3. The van der Waals surface area contributed by atoms with Crippen molar-refractivity contribution in [3.8, 4) is 0 Å². The summed E-state index contributed by atoms with van der Waals surface area (Å²) in [5.41, 5.74) is 5.70. The second-order valence-corrected chi connectivity index (χ2v) is 4.89. The molecule has 7 nitrogen and oxygen atoms in total. The molecule has 4 N–H and O–H groups in total. The van der Waals surface area contributed by atoms with Crippen molar-refractivity contribution in [2.75, 3.05) is 24.6 Å². The second kappa shape index (κ2) is 5.55. The van der Waals surface area contributed by atoms with Gasteiger partial charge in [-0.25, -0.2) is 0 Å². The fourth-order valence-corrected chi connectivity index (χ4v) is 1.58. The largest absolute Gasteiger partial charge is 0.398 e. The van der Waals surface area contributed by atoms with Crippen LogP contribution in [0.15, 0.2) is 18.2 Å². The predicted molar refractivity (Wildman–Crippen MR) is 73.8 cm³/mol. The van der Waals surface area contributed by atoms with Gasteiger partial charge < -0.3 is 16.4 Å². The lowest BCUT2D eigenvalue weighted by atomic mass is 9.92. The third-order valence-corrected chi connectivity index (χ3v) is 2.73. The standard InChI is InChI=1S/C12H18N4O3/c1-12(2,11(17)14-3)7-15-9-4-8(13)5-10(6-9)16(18)19/h4-6,15H,7,13H2,1-3H3,(H,14,17). The molecule has 0 fully saturated rings. The number of amides is 1. The van der Waals surface area contributed by atoms with Crippen molar-refractivity contribution in [3.05, 3.63) is 28.3 Å². The van der Waals surface area contributed by atoms with E-state index in [1.807, 2.05) is 0 Å². The molecule has 0 bridgehead atoms. The summed E-state index contributed by atoms with van der Waals surface area (Å²) in [5.74, 6) is -0.113. The van der Waals surface area contributed by atoms with Crippen molar-refractivity contribution >= 4 is 23.0 Å². The topological polar surface area (TPSA) is 110 Å². The van der Waals surface area contributed by atoms with Crippen molar-refractivity contribution < 1.29 is 9.72 Å². The number of carbonyl (C=O) groups is 1. The number of nitrogens with two attached hydrogens (primary N) is 1. The Hall–Kier alpha value is -2.31. The van der Waals surface area contributed by atoms with E-state index in [1.54, 1.807) is 27.0 Å². The van der Waals surface area contributed by atoms with E-state index in [2.05, 4.69) is 10.6 Å². The first-order chi connectivity index (χ1) is 8.76. The van der Waals surface area contributed by atoms with Gasteiger partial charge in [0, 0.05) is 37.1 Å². The number of nitrogens with zero attached hydrogens (tertiary/aromatic N) is 1. The smallest absolute Gasteiger partial charge is 0.273 e. The molecular weight excluding hydrogens is 248 g/mol. The first kappa shape index (κ1) is 14.7. The van der Waals surface area contributed by atoms with Gasteiger partial charge in [0.05, 0.1) is 10.3 Å². The molecule has 0 aliphatic carbocycles. The molecule has 1 rings (SSSR count). The number of hydrogen-bond donors (Lipinski definition) is 3. The van der Waals surface area contributed by atoms with Gasteiger partial charge in [-0.05, 0) is 19.9 Å². The lowest BCUT2D eigenvalue weighted by Gasteiger charge is -2.23. The Morgan fingerprint density at radius 3 is 2.58 bits per heavy atom. The van der Waals surface area contributed by atoms with Crippen LogP contribution >= 0.6 is 0 Å². The average Bonchev–Trinajstić information content (AvgIpc) is 2.34. The number of rotatable bonds is 5. The number of carbonyl (C=O) groups excluding carboxylic acids is 1. The van der Waals surface area contributed by atoms with Gasteiger partial charge in [0.1, 0.15) is 0 Å². The second-order valence-electron chi connectivity index (χ2n) is 4.89. The Morgan fingerprint density at radius 1 is 1.42 bits per heavy atom. The van der Waals surface area contributed by atoms with Crippen molar-refractivity contribution in [3.63, 3.8) is 0 Å². The summed E-state index contributed by atoms with van der Waals surface area (Å²) in [6.07, 6.45) is 0. The monoisotopic (exact) mass is 266 g/mol. The van der Waals surface area contributed by atoms with Gasteiger partial charge in [-0.2, -0.15) is 0 Å². The molecule has 0 heterocycles. The van der Waals surface area contributed by atoms with Crippen molar-refractivity contribution in [1.29, 1.82) is 0 Å². The maximum Gasteiger partial charge on any atom is 0.273 e. The normalized spacial score (nSPS) is 10.9. The zero-order valence-corrected chi connectivity index (χ0v) is 11.2. The molecule has 1 amide bonds. The van der Waals surface area contributed by atoms with Crippen LogP contribution in [-0.2, 0) is 4.79 Å². The van der Waals surface area contributed by atoms with E-state index in [9.17, 15) is 14.9 Å². The van der Waals surface area contributed by atoms with E-state index in [-0.39, 0.29) is 11.6 Å². The van der Waals surface area contributed by atoms with Gasteiger partial charge in [-0.15, -0.1) is 0 Å². The minimum absolute atomic E-state index is 0.0831. The molecule has 1 aromatic rings. The number of nitro benzene ring substituents is 1. The summed E-state index contributed by atoms with van der Waals surface area (Å²) in [4.78, 5) is 21.8. The van der Waals surface area contributed by atoms with E-state index >= 15 is 0 Å². The number of nitro groups is 1. The third kappa shape index (κ3) is 3.84. The number of benzene rings is 1. The minimum Gasteiger partial charge on any atom is -0.398 e. The van der Waals surface area contributed by atoms with Crippen LogP contribution in [-0.4, -0.2) is 24.4 Å². The van der Waals surface area contributed by atoms with Crippen LogP contribution in [0.3, 0.4) is 0 Å². The molecule has 1 aromatic carbocycles. The highest BCUT2D eigenvalue weighted by molar-refractivity contribution is 5.82. The SMILES string of the molecule is CNC(=O)C(C)(C)CNc1cc(N)cc([N+](=O)[O-])c1. The average molecular weight is 266 g/mol. The number of non-ortho nitro benzene ring substituents is 1.